The number of anilines is 1. The number of imide groups is 1. The third-order valence-corrected chi connectivity index (χ3v) is 8.03. The number of nitrogens with one attached hydrogen (secondary N) is 2. The fraction of sp³-hybridized carbons (Fsp3) is 0.520. The Morgan fingerprint density at radius 3 is 2.37 bits per heavy atom. The van der Waals surface area contributed by atoms with Crippen molar-refractivity contribution in [3.63, 3.8) is 0 Å². The van der Waals surface area contributed by atoms with E-state index in [2.05, 4.69) is 10.6 Å². The lowest BCUT2D eigenvalue weighted by Gasteiger charge is -2.46. The number of piperidine rings is 2. The number of hydrogen-bond acceptors (Lipinski definition) is 6. The van der Waals surface area contributed by atoms with Gasteiger partial charge < -0.3 is 15.0 Å². The first-order valence-electron chi connectivity index (χ1n) is 12.0. The van der Waals surface area contributed by atoms with Crippen LogP contribution in [0.25, 0.3) is 10.1 Å². The summed E-state index contributed by atoms with van der Waals surface area (Å²) in [6.45, 7) is 6.88. The molecule has 35 heavy (non-hydrogen) atoms. The van der Waals surface area contributed by atoms with E-state index in [0.717, 1.165) is 10.1 Å². The van der Waals surface area contributed by atoms with E-state index >= 15 is 0 Å². The molecule has 2 saturated heterocycles. The first kappa shape index (κ1) is 25.0. The summed E-state index contributed by atoms with van der Waals surface area (Å²) in [4.78, 5) is 54.6. The van der Waals surface area contributed by atoms with Crippen molar-refractivity contribution in [3.8, 4) is 5.75 Å². The highest BCUT2D eigenvalue weighted by Crippen LogP contribution is 2.45. The van der Waals surface area contributed by atoms with Gasteiger partial charge in [0.25, 0.3) is 5.91 Å². The van der Waals surface area contributed by atoms with Gasteiger partial charge in [0.05, 0.1) is 17.4 Å². The zero-order valence-electron chi connectivity index (χ0n) is 20.6. The Bertz CT molecular complexity index is 1150. The fourth-order valence-corrected chi connectivity index (χ4v) is 6.33. The van der Waals surface area contributed by atoms with Crippen LogP contribution in [0, 0.1) is 5.41 Å². The first-order valence-corrected chi connectivity index (χ1v) is 12.8. The van der Waals surface area contributed by atoms with E-state index in [9.17, 15) is 19.2 Å². The number of likely N-dealkylation sites (tertiary alicyclic amines) is 2. The molecule has 1 spiro atoms. The number of amides is 5. The molecule has 0 bridgehead atoms. The van der Waals surface area contributed by atoms with Gasteiger partial charge in [-0.25, -0.2) is 4.79 Å². The predicted octanol–water partition coefficient (Wildman–Crippen LogP) is 3.83. The van der Waals surface area contributed by atoms with E-state index in [1.165, 1.54) is 16.2 Å². The van der Waals surface area contributed by atoms with E-state index in [4.69, 9.17) is 4.74 Å². The first-order chi connectivity index (χ1) is 16.7. The number of urea groups is 1. The van der Waals surface area contributed by atoms with Gasteiger partial charge in [0.2, 0.25) is 11.8 Å². The number of rotatable bonds is 5. The van der Waals surface area contributed by atoms with Crippen LogP contribution >= 0.6 is 11.3 Å². The Kier molecular flexibility index (Phi) is 7.02. The fourth-order valence-electron chi connectivity index (χ4n) is 5.15. The molecule has 0 aliphatic carbocycles. The van der Waals surface area contributed by atoms with Crippen LogP contribution in [-0.2, 0) is 9.59 Å². The Hall–Kier alpha value is -3.14. The average Bonchev–Trinajstić information content (AvgIpc) is 3.16. The number of nitrogens with zero attached hydrogens (tertiary/aromatic N) is 2. The number of benzene rings is 1. The Morgan fingerprint density at radius 2 is 1.80 bits per heavy atom. The minimum absolute atomic E-state index is 0.125. The van der Waals surface area contributed by atoms with Crippen LogP contribution < -0.4 is 15.4 Å². The second-order valence-electron chi connectivity index (χ2n) is 9.52. The number of carbonyl (C=O) groups is 4. The molecular weight excluding hydrogens is 468 g/mol. The minimum Gasteiger partial charge on any atom is -0.495 e. The predicted molar refractivity (Wildman–Crippen MR) is 135 cm³/mol. The maximum absolute atomic E-state index is 13.8. The van der Waals surface area contributed by atoms with Gasteiger partial charge in [0.1, 0.15) is 10.8 Å². The summed E-state index contributed by atoms with van der Waals surface area (Å²) in [5.41, 5.74) is 0.0473. The smallest absolute Gasteiger partial charge is 0.319 e. The molecule has 2 aromatic rings. The van der Waals surface area contributed by atoms with Gasteiger partial charge in [0, 0.05) is 43.9 Å². The van der Waals surface area contributed by atoms with E-state index in [0.29, 0.717) is 61.6 Å². The maximum Gasteiger partial charge on any atom is 0.319 e. The van der Waals surface area contributed by atoms with Gasteiger partial charge in [-0.15, -0.1) is 11.3 Å². The van der Waals surface area contributed by atoms with Crippen LogP contribution in [0.3, 0.4) is 0 Å². The van der Waals surface area contributed by atoms with Gasteiger partial charge in [-0.05, 0) is 45.1 Å². The van der Waals surface area contributed by atoms with Crippen LogP contribution in [0.5, 0.6) is 5.75 Å². The van der Waals surface area contributed by atoms with Crippen LogP contribution in [0.4, 0.5) is 9.80 Å². The number of carbonyl (C=O) groups excluding carboxylic acids is 4. The molecule has 5 amide bonds. The van der Waals surface area contributed by atoms with Crippen molar-refractivity contribution >= 4 is 50.2 Å². The highest BCUT2D eigenvalue weighted by molar-refractivity contribution is 7.23. The second kappa shape index (κ2) is 9.85. The van der Waals surface area contributed by atoms with Crippen molar-refractivity contribution in [2.45, 2.75) is 52.5 Å². The third kappa shape index (κ3) is 4.71. The maximum atomic E-state index is 13.8. The molecule has 188 valence electrons. The molecule has 2 fully saturated rings. The van der Waals surface area contributed by atoms with Gasteiger partial charge in [0.15, 0.2) is 0 Å². The monoisotopic (exact) mass is 500 g/mol. The van der Waals surface area contributed by atoms with Crippen molar-refractivity contribution in [2.24, 2.45) is 5.41 Å². The van der Waals surface area contributed by atoms with Gasteiger partial charge in [-0.3, -0.25) is 24.6 Å². The average molecular weight is 501 g/mol. The number of ether oxygens (including phenoxy) is 1. The molecule has 10 heteroatoms. The van der Waals surface area contributed by atoms with Crippen LogP contribution in [0.15, 0.2) is 18.2 Å². The zero-order valence-corrected chi connectivity index (χ0v) is 21.4. The topological polar surface area (TPSA) is 108 Å². The lowest BCUT2D eigenvalue weighted by atomic mass is 9.70. The highest BCUT2D eigenvalue weighted by Gasteiger charge is 2.46. The molecule has 0 radical (unpaired) electrons. The highest BCUT2D eigenvalue weighted by atomic mass is 32.1. The molecule has 1 aromatic heterocycles. The molecule has 0 unspecified atom stereocenters. The van der Waals surface area contributed by atoms with Crippen molar-refractivity contribution in [2.75, 3.05) is 32.1 Å². The van der Waals surface area contributed by atoms with E-state index < -0.39 is 5.41 Å². The molecular formula is C25H32N4O5S. The molecule has 9 nitrogen and oxygen atoms in total. The Balaban J connectivity index is 1.58. The number of methoxy groups -OCH3 is 1. The van der Waals surface area contributed by atoms with Gasteiger partial charge >= 0.3 is 6.03 Å². The second-order valence-corrected chi connectivity index (χ2v) is 10.5. The van der Waals surface area contributed by atoms with Crippen molar-refractivity contribution in [1.29, 1.82) is 0 Å². The van der Waals surface area contributed by atoms with Crippen molar-refractivity contribution in [1.82, 2.24) is 15.1 Å². The number of thiophene rings is 1. The normalized spacial score (nSPS) is 17.9. The molecule has 3 heterocycles. The minimum atomic E-state index is -0.391. The van der Waals surface area contributed by atoms with Crippen molar-refractivity contribution < 1.29 is 23.9 Å². The standard InChI is InChI=1S/C25H32N4O5S/c1-5-26-24(33)27-22-20(16-7-6-8-17(34-4)21(16)35-22)23(32)28-11-9-25(10-12-28)13-18(30)29(15(2)3)19(31)14-25/h6-8,15H,5,9-14H2,1-4H3,(H2,26,27,33). The summed E-state index contributed by atoms with van der Waals surface area (Å²) in [5.74, 6) is 0.209. The molecule has 0 atom stereocenters. The van der Waals surface area contributed by atoms with Crippen LogP contribution in [0.2, 0.25) is 0 Å². The lowest BCUT2D eigenvalue weighted by Crippen LogP contribution is -2.54. The van der Waals surface area contributed by atoms with Crippen LogP contribution in [-0.4, -0.2) is 66.3 Å². The Labute approximate surface area is 208 Å². The molecule has 2 N–H and O–H groups in total. The van der Waals surface area contributed by atoms with Gasteiger partial charge in [-0.2, -0.15) is 0 Å². The zero-order chi connectivity index (χ0) is 25.3. The molecule has 0 saturated carbocycles. The summed E-state index contributed by atoms with van der Waals surface area (Å²) in [5, 5.41) is 6.72. The lowest BCUT2D eigenvalue weighted by molar-refractivity contribution is -0.157. The Morgan fingerprint density at radius 1 is 1.14 bits per heavy atom. The molecule has 2 aliphatic heterocycles. The van der Waals surface area contributed by atoms with E-state index in [-0.39, 0.29) is 29.8 Å². The summed E-state index contributed by atoms with van der Waals surface area (Å²) < 4.78 is 6.27. The van der Waals surface area contributed by atoms with E-state index in [1.807, 2.05) is 39.0 Å². The third-order valence-electron chi connectivity index (χ3n) is 6.90. The summed E-state index contributed by atoms with van der Waals surface area (Å²) in [6, 6.07) is 4.98. The number of hydrogen-bond donors (Lipinski definition) is 2. The quantitative estimate of drug-likeness (QED) is 0.607. The summed E-state index contributed by atoms with van der Waals surface area (Å²) >= 11 is 1.31. The van der Waals surface area contributed by atoms with Crippen LogP contribution in [0.1, 0.15) is 56.8 Å². The molecule has 4 rings (SSSR count). The largest absolute Gasteiger partial charge is 0.495 e. The number of fused-ring (bicyclic) bond motifs is 1. The summed E-state index contributed by atoms with van der Waals surface area (Å²) in [7, 11) is 1.57. The molecule has 1 aromatic carbocycles. The van der Waals surface area contributed by atoms with E-state index in [1.54, 1.807) is 12.0 Å². The van der Waals surface area contributed by atoms with Gasteiger partial charge in [-0.1, -0.05) is 12.1 Å². The van der Waals surface area contributed by atoms with Crippen molar-refractivity contribution in [3.05, 3.63) is 23.8 Å². The summed E-state index contributed by atoms with van der Waals surface area (Å²) in [6.07, 6.45) is 1.85. The molecule has 2 aliphatic rings. The SMILES string of the molecule is CCNC(=O)Nc1sc2c(OC)cccc2c1C(=O)N1CCC2(CC1)CC(=O)N(C(C)C)C(=O)C2.